The van der Waals surface area contributed by atoms with E-state index in [4.69, 9.17) is 5.73 Å². The van der Waals surface area contributed by atoms with Crippen LogP contribution in [0.25, 0.3) is 0 Å². The average molecular weight is 147 g/mol. The van der Waals surface area contributed by atoms with Crippen molar-refractivity contribution in [3.63, 3.8) is 0 Å². The summed E-state index contributed by atoms with van der Waals surface area (Å²) in [6.45, 7) is 2.25. The van der Waals surface area contributed by atoms with Gasteiger partial charge in [-0.15, -0.1) is 0 Å². The third kappa shape index (κ3) is 0.176. The lowest BCUT2D eigenvalue weighted by atomic mass is 8.96. The molecule has 0 bridgehead atoms. The molecule has 6 aliphatic carbocycles. The Labute approximate surface area is 66.3 Å². The standard InChI is InChI=1S/C10H13N/c1-2(11)10-7-4-3-5(7)9(10)6(3)8(4)10/h2-9H,11H2,1H3. The van der Waals surface area contributed by atoms with E-state index in [1.54, 1.807) is 0 Å². The molecule has 1 atom stereocenters. The molecule has 0 aliphatic heterocycles. The second-order valence-electron chi connectivity index (χ2n) is 5.68. The Morgan fingerprint density at radius 2 is 1.45 bits per heavy atom. The van der Waals surface area contributed by atoms with Crippen LogP contribution in [0.15, 0.2) is 0 Å². The molecule has 1 unspecified atom stereocenters. The van der Waals surface area contributed by atoms with Crippen LogP contribution in [0.5, 0.6) is 0 Å². The highest BCUT2D eigenvalue weighted by atomic mass is 15.1. The van der Waals surface area contributed by atoms with Gasteiger partial charge in [-0.25, -0.2) is 0 Å². The molecule has 6 fully saturated rings. The highest BCUT2D eigenvalue weighted by molar-refractivity contribution is 5.51. The first-order valence-electron chi connectivity index (χ1n) is 5.07. The van der Waals surface area contributed by atoms with Crippen molar-refractivity contribution in [3.8, 4) is 0 Å². The van der Waals surface area contributed by atoms with E-state index in [1.807, 2.05) is 0 Å². The second kappa shape index (κ2) is 0.891. The summed E-state index contributed by atoms with van der Waals surface area (Å²) in [5.41, 5.74) is 6.83. The van der Waals surface area contributed by atoms with E-state index in [0.29, 0.717) is 6.04 Å². The summed E-state index contributed by atoms with van der Waals surface area (Å²) in [6, 6.07) is 0.521. The fourth-order valence-electron chi connectivity index (χ4n) is 6.43. The van der Waals surface area contributed by atoms with E-state index in [-0.39, 0.29) is 0 Å². The third-order valence-electron chi connectivity index (χ3n) is 6.34. The summed E-state index contributed by atoms with van der Waals surface area (Å²) in [6.07, 6.45) is 0. The maximum absolute atomic E-state index is 6.09. The van der Waals surface area contributed by atoms with E-state index in [9.17, 15) is 0 Å². The molecule has 6 aliphatic rings. The molecule has 0 aromatic rings. The van der Waals surface area contributed by atoms with Crippen molar-refractivity contribution in [1.29, 1.82) is 0 Å². The summed E-state index contributed by atoms with van der Waals surface area (Å²) in [5, 5.41) is 0. The fraction of sp³-hybridized carbons (Fsp3) is 1.00. The zero-order valence-electron chi connectivity index (χ0n) is 6.70. The van der Waals surface area contributed by atoms with Gasteiger partial charge in [0.25, 0.3) is 0 Å². The van der Waals surface area contributed by atoms with Crippen LogP contribution in [0.2, 0.25) is 0 Å². The highest BCUT2D eigenvalue weighted by Gasteiger charge is 3.04. The quantitative estimate of drug-likeness (QED) is 0.580. The van der Waals surface area contributed by atoms with Gasteiger partial charge in [0.05, 0.1) is 0 Å². The molecule has 0 radical (unpaired) electrons. The fourth-order valence-corrected chi connectivity index (χ4v) is 6.43. The Hall–Kier alpha value is -0.0400. The molecule has 6 rings (SSSR count). The smallest absolute Gasteiger partial charge is 0.00756 e. The zero-order chi connectivity index (χ0) is 7.12. The molecule has 6 saturated carbocycles. The molecule has 58 valence electrons. The molecule has 11 heavy (non-hydrogen) atoms. The van der Waals surface area contributed by atoms with Gasteiger partial charge in [0.15, 0.2) is 0 Å². The van der Waals surface area contributed by atoms with Crippen LogP contribution in [-0.4, -0.2) is 6.04 Å². The molecule has 2 N–H and O–H groups in total. The Morgan fingerprint density at radius 1 is 1.00 bits per heavy atom. The highest BCUT2D eigenvalue weighted by Crippen LogP contribution is 3.06. The molecule has 1 heteroatoms. The molecule has 1 nitrogen and oxygen atoms in total. The van der Waals surface area contributed by atoms with Crippen LogP contribution in [-0.2, 0) is 0 Å². The van der Waals surface area contributed by atoms with Crippen LogP contribution >= 0.6 is 0 Å². The van der Waals surface area contributed by atoms with Crippen LogP contribution in [0, 0.1) is 46.8 Å². The van der Waals surface area contributed by atoms with Crippen molar-refractivity contribution in [2.24, 2.45) is 52.6 Å². The number of nitrogens with two attached hydrogens (primary N) is 1. The number of hydrogen-bond acceptors (Lipinski definition) is 1. The van der Waals surface area contributed by atoms with Gasteiger partial charge in [0.2, 0.25) is 0 Å². The summed E-state index contributed by atoms with van der Waals surface area (Å²) in [4.78, 5) is 0. The first kappa shape index (κ1) is 4.86. The largest absolute Gasteiger partial charge is 0.327 e. The summed E-state index contributed by atoms with van der Waals surface area (Å²) >= 11 is 0. The van der Waals surface area contributed by atoms with Crippen molar-refractivity contribution in [1.82, 2.24) is 0 Å². The molecule has 0 saturated heterocycles. The lowest BCUT2D eigenvalue weighted by molar-refractivity contribution is -0.617. The van der Waals surface area contributed by atoms with E-state index >= 15 is 0 Å². The van der Waals surface area contributed by atoms with E-state index in [1.165, 1.54) is 23.7 Å². The monoisotopic (exact) mass is 147 g/mol. The molecular weight excluding hydrogens is 134 g/mol. The Morgan fingerprint density at radius 3 is 1.73 bits per heavy atom. The maximum atomic E-state index is 6.09. The van der Waals surface area contributed by atoms with Gasteiger partial charge in [0, 0.05) is 6.04 Å². The van der Waals surface area contributed by atoms with Crippen LogP contribution in [0.1, 0.15) is 6.92 Å². The number of rotatable bonds is 1. The summed E-state index contributed by atoms with van der Waals surface area (Å²) in [5.74, 6) is 8.31. The Kier molecular flexibility index (Phi) is 0.393. The first-order valence-corrected chi connectivity index (χ1v) is 5.07. The van der Waals surface area contributed by atoms with Gasteiger partial charge in [-0.2, -0.15) is 0 Å². The molecular formula is C10H13N. The SMILES string of the molecule is CC(N)C12C3C4C5C3C1C5C42. The predicted molar refractivity (Wildman–Crippen MR) is 40.5 cm³/mol. The topological polar surface area (TPSA) is 26.0 Å². The Balaban J connectivity index is 1.73. The van der Waals surface area contributed by atoms with Crippen LogP contribution < -0.4 is 5.73 Å². The van der Waals surface area contributed by atoms with Crippen LogP contribution in [0.4, 0.5) is 0 Å². The molecule has 0 aromatic carbocycles. The minimum atomic E-state index is 0.521. The third-order valence-corrected chi connectivity index (χ3v) is 6.34. The van der Waals surface area contributed by atoms with Gasteiger partial charge in [-0.05, 0) is 53.8 Å². The summed E-state index contributed by atoms with van der Waals surface area (Å²) in [7, 11) is 0. The van der Waals surface area contributed by atoms with Gasteiger partial charge in [-0.1, -0.05) is 0 Å². The van der Waals surface area contributed by atoms with Gasteiger partial charge in [0.1, 0.15) is 0 Å². The molecule has 0 spiro atoms. The van der Waals surface area contributed by atoms with Gasteiger partial charge < -0.3 is 5.73 Å². The van der Waals surface area contributed by atoms with E-state index < -0.39 is 0 Å². The minimum absolute atomic E-state index is 0.521. The van der Waals surface area contributed by atoms with E-state index in [2.05, 4.69) is 6.92 Å². The Bertz CT molecular complexity index is 242. The predicted octanol–water partition coefficient (Wildman–Crippen LogP) is 0.701. The lowest BCUT2D eigenvalue weighted by Crippen LogP contribution is -3.07. The molecule has 0 aromatic heterocycles. The second-order valence-corrected chi connectivity index (χ2v) is 5.68. The minimum Gasteiger partial charge on any atom is -0.327 e. The van der Waals surface area contributed by atoms with Gasteiger partial charge >= 0.3 is 0 Å². The maximum Gasteiger partial charge on any atom is 0.00756 e. The van der Waals surface area contributed by atoms with Crippen molar-refractivity contribution in [2.75, 3.05) is 0 Å². The average Bonchev–Trinajstić information content (AvgIpc) is 2.05. The normalized spacial score (nSPS) is 91.6. The van der Waals surface area contributed by atoms with Gasteiger partial charge in [-0.3, -0.25) is 0 Å². The van der Waals surface area contributed by atoms with Crippen molar-refractivity contribution < 1.29 is 0 Å². The van der Waals surface area contributed by atoms with Crippen molar-refractivity contribution in [2.45, 2.75) is 13.0 Å². The molecule has 0 amide bonds. The van der Waals surface area contributed by atoms with Crippen LogP contribution in [0.3, 0.4) is 0 Å². The number of hydrogen-bond donors (Lipinski definition) is 1. The lowest BCUT2D eigenvalue weighted by Gasteiger charge is -3.08. The van der Waals surface area contributed by atoms with Crippen molar-refractivity contribution >= 4 is 0 Å². The molecule has 0 heterocycles. The van der Waals surface area contributed by atoms with E-state index in [0.717, 1.165) is 23.2 Å². The zero-order valence-corrected chi connectivity index (χ0v) is 6.70. The first-order chi connectivity index (χ1) is 5.31. The summed E-state index contributed by atoms with van der Waals surface area (Å²) < 4.78 is 0. The van der Waals surface area contributed by atoms with Crippen molar-refractivity contribution in [3.05, 3.63) is 0 Å².